The molecule has 0 aliphatic rings. The lowest BCUT2D eigenvalue weighted by molar-refractivity contribution is -0.192. The molecule has 8 heteroatoms. The van der Waals surface area contributed by atoms with Crippen molar-refractivity contribution in [2.45, 2.75) is 109 Å². The molecular weight excluding hydrogens is 375 g/mol. The zero-order chi connectivity index (χ0) is 21.7. The van der Waals surface area contributed by atoms with E-state index in [9.17, 15) is 18.0 Å². The summed E-state index contributed by atoms with van der Waals surface area (Å²) in [5.41, 5.74) is 5.47. The number of aliphatic carboxylic acids is 2. The van der Waals surface area contributed by atoms with E-state index in [1.807, 2.05) is 0 Å². The van der Waals surface area contributed by atoms with Gasteiger partial charge in [0.15, 0.2) is 0 Å². The number of nitrogens with two attached hydrogens (primary N) is 1. The second-order valence-corrected chi connectivity index (χ2v) is 7.04. The maximum absolute atomic E-state index is 10.6. The van der Waals surface area contributed by atoms with E-state index >= 15 is 0 Å². The molecule has 5 nitrogen and oxygen atoms in total. The van der Waals surface area contributed by atoms with Crippen LogP contribution in [0.1, 0.15) is 103 Å². The highest BCUT2D eigenvalue weighted by Gasteiger charge is 2.38. The van der Waals surface area contributed by atoms with Crippen molar-refractivity contribution in [3.63, 3.8) is 0 Å². The maximum atomic E-state index is 10.6. The summed E-state index contributed by atoms with van der Waals surface area (Å²) in [6.07, 6.45) is 14.6. The quantitative estimate of drug-likeness (QED) is 0.258. The second-order valence-electron chi connectivity index (χ2n) is 7.04. The van der Waals surface area contributed by atoms with Crippen LogP contribution in [-0.2, 0) is 9.59 Å². The monoisotopic (exact) mass is 413 g/mol. The smallest absolute Gasteiger partial charge is 0.481 e. The van der Waals surface area contributed by atoms with Crippen molar-refractivity contribution in [2.24, 2.45) is 5.73 Å². The Morgan fingerprint density at radius 2 is 0.857 bits per heavy atom. The molecule has 0 atom stereocenters. The molecule has 0 bridgehead atoms. The number of alkyl halides is 3. The average Bonchev–Trinajstić information content (AvgIpc) is 2.61. The van der Waals surface area contributed by atoms with Crippen LogP contribution in [0.3, 0.4) is 0 Å². The molecule has 0 heterocycles. The predicted octanol–water partition coefficient (Wildman–Crippen LogP) is 5.90. The standard InChI is InChI=1S/C18H37NO2.C2HF3O2/c19-17-15-13-11-9-7-5-3-1-2-4-6-8-10-12-14-16-18(20)21;3-2(4,5)1(6)7/h1-17,19H2,(H,20,21);(H,6,7). The molecule has 0 fully saturated rings. The van der Waals surface area contributed by atoms with Gasteiger partial charge in [-0.25, -0.2) is 4.79 Å². The molecule has 0 saturated carbocycles. The van der Waals surface area contributed by atoms with E-state index in [0.29, 0.717) is 6.42 Å². The first-order valence-corrected chi connectivity index (χ1v) is 10.4. The fraction of sp³-hybridized carbons (Fsp3) is 0.900. The van der Waals surface area contributed by atoms with Gasteiger partial charge in [-0.05, 0) is 19.4 Å². The van der Waals surface area contributed by atoms with Crippen LogP contribution in [0.25, 0.3) is 0 Å². The van der Waals surface area contributed by atoms with Crippen LogP contribution in [0.5, 0.6) is 0 Å². The molecule has 28 heavy (non-hydrogen) atoms. The first kappa shape index (κ1) is 28.9. The zero-order valence-electron chi connectivity index (χ0n) is 16.9. The zero-order valence-corrected chi connectivity index (χ0v) is 16.9. The van der Waals surface area contributed by atoms with Gasteiger partial charge >= 0.3 is 18.1 Å². The molecule has 0 amide bonds. The predicted molar refractivity (Wildman–Crippen MR) is 104 cm³/mol. The molecule has 0 unspecified atom stereocenters. The topological polar surface area (TPSA) is 101 Å². The molecule has 168 valence electrons. The lowest BCUT2D eigenvalue weighted by Gasteiger charge is -2.03. The SMILES string of the molecule is NCCCCCCCCCCCCCCCCCC(=O)O.O=C(O)C(F)(F)F. The summed E-state index contributed by atoms with van der Waals surface area (Å²) < 4.78 is 31.7. The highest BCUT2D eigenvalue weighted by atomic mass is 19.4. The van der Waals surface area contributed by atoms with Gasteiger partial charge in [-0.15, -0.1) is 0 Å². The van der Waals surface area contributed by atoms with Crippen LogP contribution >= 0.6 is 0 Å². The van der Waals surface area contributed by atoms with Crippen LogP contribution in [0.15, 0.2) is 0 Å². The van der Waals surface area contributed by atoms with Gasteiger partial charge in [0.1, 0.15) is 0 Å². The fourth-order valence-corrected chi connectivity index (χ4v) is 2.72. The number of hydrogen-bond acceptors (Lipinski definition) is 3. The van der Waals surface area contributed by atoms with Gasteiger partial charge in [0, 0.05) is 6.42 Å². The summed E-state index contributed by atoms with van der Waals surface area (Å²) in [7, 11) is 0. The van der Waals surface area contributed by atoms with Crippen molar-refractivity contribution >= 4 is 11.9 Å². The number of halogens is 3. The number of rotatable bonds is 17. The number of carboxylic acid groups (broad SMARTS) is 2. The Hall–Kier alpha value is -1.31. The molecule has 0 spiro atoms. The molecule has 0 aromatic heterocycles. The Kier molecular flexibility index (Phi) is 21.1. The van der Waals surface area contributed by atoms with Crippen LogP contribution in [0.4, 0.5) is 13.2 Å². The lowest BCUT2D eigenvalue weighted by atomic mass is 10.0. The Balaban J connectivity index is 0. The van der Waals surface area contributed by atoms with Crippen LogP contribution < -0.4 is 5.73 Å². The largest absolute Gasteiger partial charge is 0.490 e. The first-order chi connectivity index (χ1) is 13.2. The Morgan fingerprint density at radius 1 is 0.607 bits per heavy atom. The second kappa shape index (κ2) is 20.4. The van der Waals surface area contributed by atoms with E-state index in [0.717, 1.165) is 19.4 Å². The minimum Gasteiger partial charge on any atom is -0.481 e. The third-order valence-electron chi connectivity index (χ3n) is 4.34. The third kappa shape index (κ3) is 26.9. The van der Waals surface area contributed by atoms with Crippen LogP contribution in [0, 0.1) is 0 Å². The van der Waals surface area contributed by atoms with Crippen molar-refractivity contribution in [2.75, 3.05) is 6.54 Å². The highest BCUT2D eigenvalue weighted by molar-refractivity contribution is 5.73. The summed E-state index contributed by atoms with van der Waals surface area (Å²) in [5.74, 6) is -3.41. The summed E-state index contributed by atoms with van der Waals surface area (Å²) in [6.45, 7) is 0.847. The van der Waals surface area contributed by atoms with E-state index in [1.165, 1.54) is 83.5 Å². The van der Waals surface area contributed by atoms with Gasteiger partial charge in [0.05, 0.1) is 0 Å². The number of carbonyl (C=O) groups is 2. The molecule has 0 rings (SSSR count). The average molecular weight is 414 g/mol. The summed E-state index contributed by atoms with van der Waals surface area (Å²) in [4.78, 5) is 19.2. The van der Waals surface area contributed by atoms with Gasteiger partial charge in [-0.2, -0.15) is 13.2 Å². The van der Waals surface area contributed by atoms with E-state index in [1.54, 1.807) is 0 Å². The molecular formula is C20H38F3NO4. The Morgan fingerprint density at radius 3 is 1.07 bits per heavy atom. The molecule has 0 aromatic carbocycles. The van der Waals surface area contributed by atoms with Crippen molar-refractivity contribution in [3.05, 3.63) is 0 Å². The van der Waals surface area contributed by atoms with E-state index in [4.69, 9.17) is 20.7 Å². The minimum absolute atomic E-state index is 0.340. The fourth-order valence-electron chi connectivity index (χ4n) is 2.72. The Bertz CT molecular complexity index is 377. The van der Waals surface area contributed by atoms with Gasteiger partial charge in [0.25, 0.3) is 0 Å². The number of carboxylic acids is 2. The lowest BCUT2D eigenvalue weighted by Crippen LogP contribution is -2.21. The van der Waals surface area contributed by atoms with Crippen molar-refractivity contribution in [1.29, 1.82) is 0 Å². The third-order valence-corrected chi connectivity index (χ3v) is 4.34. The van der Waals surface area contributed by atoms with Crippen LogP contribution in [-0.4, -0.2) is 34.9 Å². The van der Waals surface area contributed by atoms with Gasteiger partial charge in [-0.1, -0.05) is 83.5 Å². The first-order valence-electron chi connectivity index (χ1n) is 10.4. The maximum Gasteiger partial charge on any atom is 0.490 e. The Labute approximate surface area is 166 Å². The number of hydrogen-bond donors (Lipinski definition) is 3. The molecule has 0 radical (unpaired) electrons. The van der Waals surface area contributed by atoms with Gasteiger partial charge in [-0.3, -0.25) is 4.79 Å². The summed E-state index contributed by atoms with van der Waals surface area (Å²) in [6, 6.07) is 0. The van der Waals surface area contributed by atoms with Crippen molar-refractivity contribution < 1.29 is 33.0 Å². The van der Waals surface area contributed by atoms with Gasteiger partial charge in [0.2, 0.25) is 0 Å². The molecule has 0 aliphatic heterocycles. The number of unbranched alkanes of at least 4 members (excludes halogenated alkanes) is 14. The van der Waals surface area contributed by atoms with E-state index in [2.05, 4.69) is 0 Å². The van der Waals surface area contributed by atoms with E-state index < -0.39 is 18.1 Å². The van der Waals surface area contributed by atoms with Gasteiger partial charge < -0.3 is 15.9 Å². The minimum atomic E-state index is -5.08. The molecule has 0 saturated heterocycles. The summed E-state index contributed by atoms with van der Waals surface area (Å²) >= 11 is 0. The highest BCUT2D eigenvalue weighted by Crippen LogP contribution is 2.14. The molecule has 0 aliphatic carbocycles. The van der Waals surface area contributed by atoms with E-state index in [-0.39, 0.29) is 0 Å². The molecule has 0 aromatic rings. The molecule has 4 N–H and O–H groups in total. The normalized spacial score (nSPS) is 11.0. The van der Waals surface area contributed by atoms with Crippen molar-refractivity contribution in [1.82, 2.24) is 0 Å². The van der Waals surface area contributed by atoms with Crippen LogP contribution in [0.2, 0.25) is 0 Å². The van der Waals surface area contributed by atoms with Crippen molar-refractivity contribution in [3.8, 4) is 0 Å². The summed E-state index contributed by atoms with van der Waals surface area (Å²) in [5, 5.41) is 15.6.